The van der Waals surface area contributed by atoms with E-state index in [2.05, 4.69) is 5.10 Å². The summed E-state index contributed by atoms with van der Waals surface area (Å²) in [6.07, 6.45) is 3.64. The van der Waals surface area contributed by atoms with Gasteiger partial charge >= 0.3 is 0 Å². The molecule has 6 heteroatoms. The number of nitrogens with zero attached hydrogens (tertiary/aromatic N) is 3. The number of benzene rings is 1. The summed E-state index contributed by atoms with van der Waals surface area (Å²) in [4.78, 5) is 14.2. The number of hydrogen-bond acceptors (Lipinski definition) is 4. The first kappa shape index (κ1) is 15.4. The van der Waals surface area contributed by atoms with Gasteiger partial charge in [-0.25, -0.2) is 0 Å². The minimum atomic E-state index is -0.295. The van der Waals surface area contributed by atoms with Gasteiger partial charge in [0.15, 0.2) is 11.5 Å². The molecule has 1 aliphatic rings. The summed E-state index contributed by atoms with van der Waals surface area (Å²) in [5.41, 5.74) is 1.05. The van der Waals surface area contributed by atoms with Crippen LogP contribution in [0.4, 0.5) is 0 Å². The van der Waals surface area contributed by atoms with E-state index < -0.39 is 0 Å². The summed E-state index contributed by atoms with van der Waals surface area (Å²) in [6.45, 7) is 4.99. The van der Waals surface area contributed by atoms with Crippen molar-refractivity contribution in [3.8, 4) is 11.5 Å². The molecule has 2 aromatic rings. The summed E-state index contributed by atoms with van der Waals surface area (Å²) in [7, 11) is 1.62. The van der Waals surface area contributed by atoms with Gasteiger partial charge in [-0.2, -0.15) is 5.10 Å². The molecule has 6 nitrogen and oxygen atoms in total. The molecule has 0 bridgehead atoms. The second-order valence-corrected chi connectivity index (χ2v) is 5.81. The van der Waals surface area contributed by atoms with Gasteiger partial charge < -0.3 is 14.4 Å². The lowest BCUT2D eigenvalue weighted by atomic mass is 10.1. The monoisotopic (exact) mass is 315 g/mol. The fourth-order valence-electron chi connectivity index (χ4n) is 2.61. The number of aromatic nitrogens is 2. The van der Waals surface area contributed by atoms with Gasteiger partial charge in [-0.1, -0.05) is 12.1 Å². The Bertz CT molecular complexity index is 692. The number of amides is 1. The highest BCUT2D eigenvalue weighted by Crippen LogP contribution is 2.29. The predicted molar refractivity (Wildman–Crippen MR) is 85.7 cm³/mol. The van der Waals surface area contributed by atoms with E-state index in [1.807, 2.05) is 44.3 Å². The molecule has 0 aliphatic carbocycles. The maximum Gasteiger partial charge on any atom is 0.247 e. The Morgan fingerprint density at radius 3 is 2.61 bits per heavy atom. The van der Waals surface area contributed by atoms with Crippen molar-refractivity contribution in [3.63, 3.8) is 0 Å². The second kappa shape index (κ2) is 6.32. The summed E-state index contributed by atoms with van der Waals surface area (Å²) >= 11 is 0. The molecule has 2 heterocycles. The minimum Gasteiger partial charge on any atom is -0.493 e. The third kappa shape index (κ3) is 3.16. The molecular formula is C17H21N3O3. The molecule has 1 aromatic carbocycles. The topological polar surface area (TPSA) is 56.6 Å². The fourth-order valence-corrected chi connectivity index (χ4v) is 2.61. The van der Waals surface area contributed by atoms with Crippen LogP contribution < -0.4 is 9.47 Å². The van der Waals surface area contributed by atoms with E-state index in [9.17, 15) is 4.79 Å². The van der Waals surface area contributed by atoms with Crippen LogP contribution in [0.3, 0.4) is 0 Å². The van der Waals surface area contributed by atoms with E-state index in [-0.39, 0.29) is 18.1 Å². The highest BCUT2D eigenvalue weighted by atomic mass is 16.5. The Morgan fingerprint density at radius 1 is 1.30 bits per heavy atom. The van der Waals surface area contributed by atoms with Gasteiger partial charge in [0.2, 0.25) is 5.91 Å². The molecule has 1 aromatic heterocycles. The lowest BCUT2D eigenvalue weighted by Crippen LogP contribution is -2.57. The molecule has 0 saturated carbocycles. The smallest absolute Gasteiger partial charge is 0.247 e. The molecule has 0 radical (unpaired) electrons. The molecule has 1 saturated heterocycles. The number of likely N-dealkylation sites (tertiary alicyclic amines) is 1. The van der Waals surface area contributed by atoms with Crippen LogP contribution in [0.25, 0.3) is 0 Å². The van der Waals surface area contributed by atoms with E-state index in [4.69, 9.17) is 9.47 Å². The predicted octanol–water partition coefficient (Wildman–Crippen LogP) is 2.05. The van der Waals surface area contributed by atoms with Crippen LogP contribution >= 0.6 is 0 Å². The van der Waals surface area contributed by atoms with E-state index in [1.165, 1.54) is 0 Å². The third-order valence-electron chi connectivity index (χ3n) is 4.01. The standard InChI is InChI=1S/C17H21N3O3/c1-12-8-18-20(9-12)13(2)17(21)19-10-14(11-19)23-16-7-5-4-6-15(16)22-3/h4-9,13-14H,10-11H2,1-3H3/t13-/m1/s1. The number of carbonyl (C=O) groups excluding carboxylic acids is 1. The summed E-state index contributed by atoms with van der Waals surface area (Å²) in [5.74, 6) is 1.48. The first-order valence-corrected chi connectivity index (χ1v) is 7.67. The number of rotatable bonds is 5. The molecule has 0 spiro atoms. The lowest BCUT2D eigenvalue weighted by molar-refractivity contribution is -0.143. The Balaban J connectivity index is 1.55. The van der Waals surface area contributed by atoms with Gasteiger partial charge in [-0.15, -0.1) is 0 Å². The van der Waals surface area contributed by atoms with Gasteiger partial charge in [0.1, 0.15) is 12.1 Å². The van der Waals surface area contributed by atoms with Crippen LogP contribution in [0.2, 0.25) is 0 Å². The first-order chi connectivity index (χ1) is 11.1. The summed E-state index contributed by atoms with van der Waals surface area (Å²) < 4.78 is 12.9. The molecule has 0 unspecified atom stereocenters. The average molecular weight is 315 g/mol. The molecule has 122 valence electrons. The van der Waals surface area contributed by atoms with Crippen molar-refractivity contribution in [1.29, 1.82) is 0 Å². The van der Waals surface area contributed by atoms with Gasteiger partial charge in [0.05, 0.1) is 26.4 Å². The Morgan fingerprint density at radius 2 is 2.00 bits per heavy atom. The van der Waals surface area contributed by atoms with Crippen molar-refractivity contribution in [1.82, 2.24) is 14.7 Å². The zero-order chi connectivity index (χ0) is 16.4. The molecule has 1 amide bonds. The van der Waals surface area contributed by atoms with Gasteiger partial charge in [-0.05, 0) is 31.5 Å². The number of aryl methyl sites for hydroxylation is 1. The molecule has 1 aliphatic heterocycles. The number of carbonyl (C=O) groups is 1. The van der Waals surface area contributed by atoms with Crippen molar-refractivity contribution in [2.24, 2.45) is 0 Å². The van der Waals surface area contributed by atoms with Crippen molar-refractivity contribution in [2.75, 3.05) is 20.2 Å². The van der Waals surface area contributed by atoms with E-state index in [0.29, 0.717) is 24.6 Å². The summed E-state index contributed by atoms with van der Waals surface area (Å²) in [6, 6.07) is 7.24. The van der Waals surface area contributed by atoms with Crippen LogP contribution in [0.5, 0.6) is 11.5 Å². The zero-order valence-corrected chi connectivity index (χ0v) is 13.6. The van der Waals surface area contributed by atoms with E-state index in [1.54, 1.807) is 22.9 Å². The zero-order valence-electron chi connectivity index (χ0n) is 13.6. The van der Waals surface area contributed by atoms with Crippen LogP contribution in [0, 0.1) is 6.92 Å². The van der Waals surface area contributed by atoms with E-state index in [0.717, 1.165) is 5.56 Å². The molecular weight excluding hydrogens is 294 g/mol. The maximum atomic E-state index is 12.4. The van der Waals surface area contributed by atoms with Crippen molar-refractivity contribution < 1.29 is 14.3 Å². The largest absolute Gasteiger partial charge is 0.493 e. The second-order valence-electron chi connectivity index (χ2n) is 5.81. The molecule has 0 N–H and O–H groups in total. The van der Waals surface area contributed by atoms with Gasteiger partial charge in [0, 0.05) is 6.20 Å². The molecule has 1 fully saturated rings. The van der Waals surface area contributed by atoms with Gasteiger partial charge in [0.25, 0.3) is 0 Å². The molecule has 3 rings (SSSR count). The normalized spacial score (nSPS) is 15.9. The van der Waals surface area contributed by atoms with E-state index >= 15 is 0 Å². The Labute approximate surface area is 135 Å². The van der Waals surface area contributed by atoms with Gasteiger partial charge in [-0.3, -0.25) is 9.48 Å². The third-order valence-corrected chi connectivity index (χ3v) is 4.01. The van der Waals surface area contributed by atoms with Crippen LogP contribution in [0.15, 0.2) is 36.7 Å². The number of ether oxygens (including phenoxy) is 2. The van der Waals surface area contributed by atoms with Crippen LogP contribution in [0.1, 0.15) is 18.5 Å². The SMILES string of the molecule is COc1ccccc1OC1CN(C(=O)[C@@H](C)n2cc(C)cn2)C1. The van der Waals surface area contributed by atoms with Crippen LogP contribution in [-0.2, 0) is 4.79 Å². The number of methoxy groups -OCH3 is 1. The summed E-state index contributed by atoms with van der Waals surface area (Å²) in [5, 5.41) is 4.21. The van der Waals surface area contributed by atoms with Crippen LogP contribution in [-0.4, -0.2) is 46.9 Å². The fraction of sp³-hybridized carbons (Fsp3) is 0.412. The number of hydrogen-bond donors (Lipinski definition) is 0. The Kier molecular flexibility index (Phi) is 4.23. The first-order valence-electron chi connectivity index (χ1n) is 7.67. The van der Waals surface area contributed by atoms with Crippen molar-refractivity contribution in [3.05, 3.63) is 42.2 Å². The highest BCUT2D eigenvalue weighted by molar-refractivity contribution is 5.80. The minimum absolute atomic E-state index is 0.00167. The maximum absolute atomic E-state index is 12.4. The van der Waals surface area contributed by atoms with Crippen molar-refractivity contribution in [2.45, 2.75) is 26.0 Å². The Hall–Kier alpha value is -2.50. The average Bonchev–Trinajstić information content (AvgIpc) is 2.96. The van der Waals surface area contributed by atoms with Crippen molar-refractivity contribution >= 4 is 5.91 Å². The number of para-hydroxylation sites is 2. The quantitative estimate of drug-likeness (QED) is 0.847. The lowest BCUT2D eigenvalue weighted by Gasteiger charge is -2.40. The molecule has 23 heavy (non-hydrogen) atoms. The highest BCUT2D eigenvalue weighted by Gasteiger charge is 2.35. The molecule has 1 atom stereocenters.